The van der Waals surface area contributed by atoms with Gasteiger partial charge in [0.25, 0.3) is 0 Å². The lowest BCUT2D eigenvalue weighted by molar-refractivity contribution is -0.139. The van der Waals surface area contributed by atoms with Crippen molar-refractivity contribution in [2.24, 2.45) is 0 Å². The molecule has 1 N–H and O–H groups in total. The highest BCUT2D eigenvalue weighted by atomic mass is 35.5. The van der Waals surface area contributed by atoms with Crippen LogP contribution in [0.1, 0.15) is 24.5 Å². The highest BCUT2D eigenvalue weighted by molar-refractivity contribution is 7.99. The van der Waals surface area contributed by atoms with E-state index in [2.05, 4.69) is 5.32 Å². The summed E-state index contributed by atoms with van der Waals surface area (Å²) in [5.74, 6) is 0.777. The molecule has 0 fully saturated rings. The smallest absolute Gasteiger partial charge is 0.242 e. The van der Waals surface area contributed by atoms with Crippen molar-refractivity contribution in [3.63, 3.8) is 0 Å². The number of nitrogens with one attached hydrogen (secondary N) is 1. The van der Waals surface area contributed by atoms with Crippen LogP contribution in [0.2, 0.25) is 10.0 Å². The van der Waals surface area contributed by atoms with Crippen molar-refractivity contribution in [3.05, 3.63) is 69.7 Å². The predicted octanol–water partition coefficient (Wildman–Crippen LogP) is 4.78. The van der Waals surface area contributed by atoms with Gasteiger partial charge in [-0.15, -0.1) is 11.8 Å². The third-order valence-electron chi connectivity index (χ3n) is 4.31. The Morgan fingerprint density at radius 2 is 1.79 bits per heavy atom. The largest absolute Gasteiger partial charge is 0.357 e. The molecule has 0 bridgehead atoms. The standard InChI is InChI=1S/C21H24Cl2N2O2S/c1-3-19(21(27)24-2)25(12-16-9-10-17(22)18(23)11-16)20(26)14-28-13-15-7-5-4-6-8-15/h4-11,19H,3,12-14H2,1-2H3,(H,24,27)/t19-/m1/s1. The zero-order valence-electron chi connectivity index (χ0n) is 16.0. The maximum Gasteiger partial charge on any atom is 0.242 e. The normalized spacial score (nSPS) is 11.7. The number of carbonyl (C=O) groups is 2. The maximum atomic E-state index is 13.0. The van der Waals surface area contributed by atoms with Gasteiger partial charge in [-0.25, -0.2) is 0 Å². The Hall–Kier alpha value is -1.69. The molecule has 150 valence electrons. The summed E-state index contributed by atoms with van der Waals surface area (Å²) in [4.78, 5) is 26.9. The molecule has 2 rings (SSSR count). The predicted molar refractivity (Wildman–Crippen MR) is 118 cm³/mol. The summed E-state index contributed by atoms with van der Waals surface area (Å²) in [6, 6.07) is 14.7. The van der Waals surface area contributed by atoms with Crippen molar-refractivity contribution < 1.29 is 9.59 Å². The van der Waals surface area contributed by atoms with Crippen LogP contribution in [-0.2, 0) is 21.9 Å². The van der Waals surface area contributed by atoms with Crippen LogP contribution < -0.4 is 5.32 Å². The van der Waals surface area contributed by atoms with E-state index in [1.165, 1.54) is 11.8 Å². The first-order valence-electron chi connectivity index (χ1n) is 9.03. The fourth-order valence-corrected chi connectivity index (χ4v) is 4.03. The number of halogens is 2. The molecule has 28 heavy (non-hydrogen) atoms. The molecule has 0 heterocycles. The monoisotopic (exact) mass is 438 g/mol. The van der Waals surface area contributed by atoms with Crippen LogP contribution in [0.4, 0.5) is 0 Å². The molecule has 0 unspecified atom stereocenters. The molecule has 4 nitrogen and oxygen atoms in total. The number of thioether (sulfide) groups is 1. The molecule has 2 aromatic rings. The molecular weight excluding hydrogens is 415 g/mol. The van der Waals surface area contributed by atoms with Crippen LogP contribution in [0.5, 0.6) is 0 Å². The molecule has 0 radical (unpaired) electrons. The molecule has 0 aliphatic heterocycles. The van der Waals surface area contributed by atoms with Crippen LogP contribution >= 0.6 is 35.0 Å². The van der Waals surface area contributed by atoms with E-state index in [1.807, 2.05) is 43.3 Å². The van der Waals surface area contributed by atoms with Crippen molar-refractivity contribution in [2.45, 2.75) is 31.7 Å². The van der Waals surface area contributed by atoms with E-state index in [1.54, 1.807) is 24.1 Å². The van der Waals surface area contributed by atoms with E-state index < -0.39 is 6.04 Å². The zero-order chi connectivity index (χ0) is 20.5. The first kappa shape index (κ1) is 22.6. The minimum Gasteiger partial charge on any atom is -0.357 e. The van der Waals surface area contributed by atoms with Crippen LogP contribution in [-0.4, -0.2) is 35.6 Å². The molecule has 0 aliphatic carbocycles. The summed E-state index contributed by atoms with van der Waals surface area (Å²) >= 11 is 13.6. The summed E-state index contributed by atoms with van der Waals surface area (Å²) in [7, 11) is 1.58. The summed E-state index contributed by atoms with van der Waals surface area (Å²) in [6.45, 7) is 2.19. The van der Waals surface area contributed by atoms with Gasteiger partial charge >= 0.3 is 0 Å². The molecule has 0 aliphatic rings. The van der Waals surface area contributed by atoms with E-state index in [-0.39, 0.29) is 11.8 Å². The molecule has 1 atom stereocenters. The van der Waals surface area contributed by atoms with Crippen LogP contribution in [0.3, 0.4) is 0 Å². The average molecular weight is 439 g/mol. The molecule has 2 aromatic carbocycles. The van der Waals surface area contributed by atoms with Gasteiger partial charge in [0.1, 0.15) is 6.04 Å². The number of hydrogen-bond acceptors (Lipinski definition) is 3. The third-order valence-corrected chi connectivity index (χ3v) is 6.03. The number of carbonyl (C=O) groups excluding carboxylic acids is 2. The first-order chi connectivity index (χ1) is 13.5. The van der Waals surface area contributed by atoms with Gasteiger partial charge in [0.05, 0.1) is 15.8 Å². The summed E-state index contributed by atoms with van der Waals surface area (Å²) in [5, 5.41) is 3.54. The van der Waals surface area contributed by atoms with E-state index in [0.29, 0.717) is 28.8 Å². The lowest BCUT2D eigenvalue weighted by Gasteiger charge is -2.30. The maximum absolute atomic E-state index is 13.0. The highest BCUT2D eigenvalue weighted by Gasteiger charge is 2.27. The van der Waals surface area contributed by atoms with Gasteiger partial charge in [-0.05, 0) is 29.7 Å². The van der Waals surface area contributed by atoms with Crippen molar-refractivity contribution in [1.29, 1.82) is 0 Å². The molecule has 0 spiro atoms. The average Bonchev–Trinajstić information content (AvgIpc) is 2.70. The van der Waals surface area contributed by atoms with Gasteiger partial charge in [0.15, 0.2) is 0 Å². The quantitative estimate of drug-likeness (QED) is 0.612. The number of hydrogen-bond donors (Lipinski definition) is 1. The first-order valence-corrected chi connectivity index (χ1v) is 10.9. The van der Waals surface area contributed by atoms with E-state index in [9.17, 15) is 9.59 Å². The van der Waals surface area contributed by atoms with Gasteiger partial charge in [0.2, 0.25) is 11.8 Å². The topological polar surface area (TPSA) is 49.4 Å². The second-order valence-electron chi connectivity index (χ2n) is 6.29. The number of likely N-dealkylation sites (N-methyl/N-ethyl adjacent to an activating group) is 1. The minimum absolute atomic E-state index is 0.0811. The van der Waals surface area contributed by atoms with Gasteiger partial charge in [-0.1, -0.05) is 66.5 Å². The number of amides is 2. The number of nitrogens with zero attached hydrogens (tertiary/aromatic N) is 1. The Kier molecular flexibility index (Phi) is 9.16. The second kappa shape index (κ2) is 11.3. The summed E-state index contributed by atoms with van der Waals surface area (Å²) in [5.41, 5.74) is 1.99. The molecule has 0 aromatic heterocycles. The van der Waals surface area contributed by atoms with Gasteiger partial charge in [-0.3, -0.25) is 9.59 Å². The van der Waals surface area contributed by atoms with Crippen molar-refractivity contribution in [3.8, 4) is 0 Å². The van der Waals surface area contributed by atoms with E-state index in [4.69, 9.17) is 23.2 Å². The lowest BCUT2D eigenvalue weighted by atomic mass is 10.1. The van der Waals surface area contributed by atoms with E-state index >= 15 is 0 Å². The number of rotatable bonds is 9. The SMILES string of the molecule is CC[C@H](C(=O)NC)N(Cc1ccc(Cl)c(Cl)c1)C(=O)CSCc1ccccc1. The minimum atomic E-state index is -0.538. The van der Waals surface area contributed by atoms with Crippen molar-refractivity contribution >= 4 is 46.8 Å². The molecule has 0 saturated carbocycles. The van der Waals surface area contributed by atoms with Crippen LogP contribution in [0.25, 0.3) is 0 Å². The Labute approximate surface area is 180 Å². The summed E-state index contributed by atoms with van der Waals surface area (Å²) < 4.78 is 0. The molecule has 2 amide bonds. The van der Waals surface area contributed by atoms with Gasteiger partial charge < -0.3 is 10.2 Å². The third kappa shape index (κ3) is 6.43. The Bertz CT molecular complexity index is 802. The molecule has 0 saturated heterocycles. The van der Waals surface area contributed by atoms with Gasteiger partial charge in [0, 0.05) is 19.3 Å². The lowest BCUT2D eigenvalue weighted by Crippen LogP contribution is -2.48. The second-order valence-corrected chi connectivity index (χ2v) is 8.09. The summed E-state index contributed by atoms with van der Waals surface area (Å²) in [6.07, 6.45) is 0.524. The fourth-order valence-electron chi connectivity index (χ4n) is 2.83. The Balaban J connectivity index is 2.12. The number of benzene rings is 2. The van der Waals surface area contributed by atoms with Gasteiger partial charge in [-0.2, -0.15) is 0 Å². The van der Waals surface area contributed by atoms with Crippen LogP contribution in [0, 0.1) is 0 Å². The zero-order valence-corrected chi connectivity index (χ0v) is 18.3. The van der Waals surface area contributed by atoms with Crippen molar-refractivity contribution in [2.75, 3.05) is 12.8 Å². The van der Waals surface area contributed by atoms with Crippen LogP contribution in [0.15, 0.2) is 48.5 Å². The Morgan fingerprint density at radius 3 is 2.39 bits per heavy atom. The molecule has 7 heteroatoms. The Morgan fingerprint density at radius 1 is 1.07 bits per heavy atom. The van der Waals surface area contributed by atoms with E-state index in [0.717, 1.165) is 16.9 Å². The molecular formula is C21H24Cl2N2O2S. The fraction of sp³-hybridized carbons (Fsp3) is 0.333. The van der Waals surface area contributed by atoms with Crippen molar-refractivity contribution in [1.82, 2.24) is 10.2 Å². The highest BCUT2D eigenvalue weighted by Crippen LogP contribution is 2.24.